The molecule has 0 amide bonds. The van der Waals surface area contributed by atoms with Gasteiger partial charge in [-0.25, -0.2) is 13.5 Å². The number of hydrogen-bond donors (Lipinski definition) is 3. The first-order valence-corrected chi connectivity index (χ1v) is 10.3. The van der Waals surface area contributed by atoms with Gasteiger partial charge >= 0.3 is 0 Å². The maximum absolute atomic E-state index is 11.6. The number of benzene rings is 1. The molecule has 0 spiro atoms. The quantitative estimate of drug-likeness (QED) is 0.720. The SMILES string of the molecule is CS(=O)(=O)Nc1ccc(Cl)c(Cl)c1C1CCN(c2n[nH]c(N)n2)CC1. The lowest BCUT2D eigenvalue weighted by Gasteiger charge is -2.32. The number of rotatable bonds is 4. The van der Waals surface area contributed by atoms with E-state index in [0.29, 0.717) is 34.8 Å². The number of nitrogens with two attached hydrogens (primary N) is 1. The summed E-state index contributed by atoms with van der Waals surface area (Å²) < 4.78 is 25.8. The predicted octanol–water partition coefficient (Wildman–Crippen LogP) is 2.45. The normalized spacial score (nSPS) is 16.2. The molecule has 25 heavy (non-hydrogen) atoms. The minimum atomic E-state index is -3.42. The lowest BCUT2D eigenvalue weighted by atomic mass is 9.88. The molecule has 11 heteroatoms. The van der Waals surface area contributed by atoms with Crippen LogP contribution >= 0.6 is 23.2 Å². The minimum Gasteiger partial charge on any atom is -0.368 e. The van der Waals surface area contributed by atoms with Gasteiger partial charge < -0.3 is 10.6 Å². The third-order valence-electron chi connectivity index (χ3n) is 4.10. The monoisotopic (exact) mass is 404 g/mol. The van der Waals surface area contributed by atoms with Crippen LogP contribution in [0.4, 0.5) is 17.6 Å². The van der Waals surface area contributed by atoms with Crippen molar-refractivity contribution < 1.29 is 8.42 Å². The van der Waals surface area contributed by atoms with E-state index in [9.17, 15) is 8.42 Å². The van der Waals surface area contributed by atoms with Crippen molar-refractivity contribution in [1.29, 1.82) is 0 Å². The number of nitrogen functional groups attached to an aromatic ring is 1. The van der Waals surface area contributed by atoms with E-state index in [1.54, 1.807) is 12.1 Å². The van der Waals surface area contributed by atoms with Crippen molar-refractivity contribution in [2.24, 2.45) is 0 Å². The fraction of sp³-hybridized carbons (Fsp3) is 0.429. The van der Waals surface area contributed by atoms with Crippen LogP contribution in [0.1, 0.15) is 24.3 Å². The van der Waals surface area contributed by atoms with Crippen LogP contribution in [0, 0.1) is 0 Å². The Morgan fingerprint density at radius 2 is 2.00 bits per heavy atom. The largest absolute Gasteiger partial charge is 0.368 e. The van der Waals surface area contributed by atoms with Gasteiger partial charge in [0.1, 0.15) is 0 Å². The Morgan fingerprint density at radius 1 is 1.32 bits per heavy atom. The summed E-state index contributed by atoms with van der Waals surface area (Å²) in [6.45, 7) is 1.40. The molecule has 0 unspecified atom stereocenters. The van der Waals surface area contributed by atoms with Gasteiger partial charge in [0.15, 0.2) is 0 Å². The average Bonchev–Trinajstić information content (AvgIpc) is 2.97. The molecule has 136 valence electrons. The molecule has 1 aliphatic heterocycles. The van der Waals surface area contributed by atoms with E-state index in [2.05, 4.69) is 19.9 Å². The van der Waals surface area contributed by atoms with Crippen LogP contribution in [-0.2, 0) is 10.0 Å². The number of aromatic amines is 1. The minimum absolute atomic E-state index is 0.0722. The van der Waals surface area contributed by atoms with Crippen molar-refractivity contribution in [3.8, 4) is 0 Å². The summed E-state index contributed by atoms with van der Waals surface area (Å²) in [6, 6.07) is 3.24. The third kappa shape index (κ3) is 4.10. The molecule has 0 radical (unpaired) electrons. The number of hydrogen-bond acceptors (Lipinski definition) is 6. The number of aromatic nitrogens is 3. The van der Waals surface area contributed by atoms with E-state index in [1.165, 1.54) is 0 Å². The zero-order valence-corrected chi connectivity index (χ0v) is 15.8. The van der Waals surface area contributed by atoms with E-state index >= 15 is 0 Å². The van der Waals surface area contributed by atoms with Crippen molar-refractivity contribution in [3.05, 3.63) is 27.7 Å². The van der Waals surface area contributed by atoms with E-state index < -0.39 is 10.0 Å². The van der Waals surface area contributed by atoms with Crippen LogP contribution in [0.25, 0.3) is 0 Å². The molecule has 3 rings (SSSR count). The maximum atomic E-state index is 11.6. The molecule has 1 aromatic carbocycles. The number of piperidine rings is 1. The van der Waals surface area contributed by atoms with Gasteiger partial charge in [-0.15, -0.1) is 5.10 Å². The molecule has 1 saturated heterocycles. The number of halogens is 2. The Balaban J connectivity index is 1.84. The molecule has 0 bridgehead atoms. The van der Waals surface area contributed by atoms with Crippen molar-refractivity contribution in [2.45, 2.75) is 18.8 Å². The van der Waals surface area contributed by atoms with E-state index in [-0.39, 0.29) is 11.9 Å². The molecular formula is C14H18Cl2N6O2S. The molecule has 0 aliphatic carbocycles. The fourth-order valence-corrected chi connectivity index (χ4v) is 4.09. The highest BCUT2D eigenvalue weighted by Crippen LogP contribution is 2.41. The lowest BCUT2D eigenvalue weighted by molar-refractivity contribution is 0.501. The zero-order valence-electron chi connectivity index (χ0n) is 13.5. The molecule has 2 aromatic rings. The van der Waals surface area contributed by atoms with Crippen LogP contribution in [-0.4, -0.2) is 42.9 Å². The van der Waals surface area contributed by atoms with Crippen LogP contribution < -0.4 is 15.4 Å². The number of nitrogens with zero attached hydrogens (tertiary/aromatic N) is 3. The number of H-pyrrole nitrogens is 1. The highest BCUT2D eigenvalue weighted by Gasteiger charge is 2.27. The van der Waals surface area contributed by atoms with Crippen molar-refractivity contribution in [1.82, 2.24) is 15.2 Å². The molecule has 1 aromatic heterocycles. The number of anilines is 3. The molecule has 4 N–H and O–H groups in total. The van der Waals surface area contributed by atoms with Gasteiger partial charge in [-0.3, -0.25) is 4.72 Å². The van der Waals surface area contributed by atoms with Crippen LogP contribution in [0.5, 0.6) is 0 Å². The van der Waals surface area contributed by atoms with Gasteiger partial charge in [0.05, 0.1) is 22.0 Å². The molecule has 0 atom stereocenters. The Bertz CT molecular complexity index is 877. The Labute approximate surface area is 155 Å². The smallest absolute Gasteiger partial charge is 0.246 e. The number of nitrogens with one attached hydrogen (secondary N) is 2. The Morgan fingerprint density at radius 3 is 2.56 bits per heavy atom. The van der Waals surface area contributed by atoms with Crippen LogP contribution in [0.2, 0.25) is 10.0 Å². The molecule has 1 aliphatic rings. The number of sulfonamides is 1. The predicted molar refractivity (Wildman–Crippen MR) is 99.9 cm³/mol. The summed E-state index contributed by atoms with van der Waals surface area (Å²) in [6.07, 6.45) is 2.62. The third-order valence-corrected chi connectivity index (χ3v) is 5.51. The van der Waals surface area contributed by atoms with Gasteiger partial charge in [0, 0.05) is 13.1 Å². The summed E-state index contributed by atoms with van der Waals surface area (Å²) in [5.74, 6) is 0.903. The molecular weight excluding hydrogens is 387 g/mol. The van der Waals surface area contributed by atoms with Crippen molar-refractivity contribution in [3.63, 3.8) is 0 Å². The second-order valence-corrected chi connectivity index (χ2v) is 8.51. The van der Waals surface area contributed by atoms with Crippen molar-refractivity contribution >= 4 is 50.8 Å². The first-order chi connectivity index (χ1) is 11.7. The Hall–Kier alpha value is -1.71. The summed E-state index contributed by atoms with van der Waals surface area (Å²) in [4.78, 5) is 6.15. The van der Waals surface area contributed by atoms with E-state index in [0.717, 1.165) is 24.7 Å². The summed E-state index contributed by atoms with van der Waals surface area (Å²) in [5.41, 5.74) is 6.77. The average molecular weight is 405 g/mol. The molecule has 8 nitrogen and oxygen atoms in total. The fourth-order valence-electron chi connectivity index (χ4n) is 3.03. The second kappa shape index (κ2) is 6.89. The highest BCUT2D eigenvalue weighted by atomic mass is 35.5. The first kappa shape index (κ1) is 18.1. The zero-order chi connectivity index (χ0) is 18.2. The maximum Gasteiger partial charge on any atom is 0.246 e. The standard InChI is InChI=1S/C14H18Cl2N6O2S/c1-25(23,24)21-10-3-2-9(15)12(16)11(10)8-4-6-22(7-5-8)14-18-13(17)19-20-14/h2-3,8,21H,4-7H2,1H3,(H3,17,18,19,20). The van der Waals surface area contributed by atoms with E-state index in [1.807, 2.05) is 4.90 Å². The van der Waals surface area contributed by atoms with Crippen LogP contribution in [0.15, 0.2) is 12.1 Å². The van der Waals surface area contributed by atoms with Gasteiger partial charge in [-0.05, 0) is 36.5 Å². The summed E-state index contributed by atoms with van der Waals surface area (Å²) >= 11 is 12.5. The molecule has 1 fully saturated rings. The van der Waals surface area contributed by atoms with E-state index in [4.69, 9.17) is 28.9 Å². The Kier molecular flexibility index (Phi) is 4.99. The van der Waals surface area contributed by atoms with Crippen LogP contribution in [0.3, 0.4) is 0 Å². The molecule has 2 heterocycles. The topological polar surface area (TPSA) is 117 Å². The van der Waals surface area contributed by atoms with Gasteiger partial charge in [-0.1, -0.05) is 23.2 Å². The van der Waals surface area contributed by atoms with Gasteiger partial charge in [0.25, 0.3) is 0 Å². The highest BCUT2D eigenvalue weighted by molar-refractivity contribution is 7.92. The molecule has 0 saturated carbocycles. The summed E-state index contributed by atoms with van der Waals surface area (Å²) in [5, 5.41) is 7.47. The lowest BCUT2D eigenvalue weighted by Crippen LogP contribution is -2.34. The van der Waals surface area contributed by atoms with Gasteiger partial charge in [0.2, 0.25) is 21.9 Å². The summed E-state index contributed by atoms with van der Waals surface area (Å²) in [7, 11) is -3.42. The van der Waals surface area contributed by atoms with Crippen molar-refractivity contribution in [2.75, 3.05) is 34.7 Å². The first-order valence-electron chi connectivity index (χ1n) is 7.63. The second-order valence-electron chi connectivity index (χ2n) is 5.98. The van der Waals surface area contributed by atoms with Gasteiger partial charge in [-0.2, -0.15) is 4.98 Å².